The van der Waals surface area contributed by atoms with Gasteiger partial charge in [-0.1, -0.05) is 23.8 Å². The van der Waals surface area contributed by atoms with E-state index in [1.807, 2.05) is 72.7 Å². The summed E-state index contributed by atoms with van der Waals surface area (Å²) >= 11 is 0. The first-order chi connectivity index (χ1) is 12.7. The van der Waals surface area contributed by atoms with Crippen LogP contribution in [0.5, 0.6) is 5.75 Å². The molecule has 0 aromatic heterocycles. The quantitative estimate of drug-likeness (QED) is 0.590. The summed E-state index contributed by atoms with van der Waals surface area (Å²) in [6.45, 7) is 14.1. The van der Waals surface area contributed by atoms with Crippen LogP contribution in [0.2, 0.25) is 0 Å². The molecule has 0 aliphatic carbocycles. The number of amides is 1. The van der Waals surface area contributed by atoms with Crippen molar-refractivity contribution in [3.8, 4) is 5.75 Å². The second-order valence-corrected chi connectivity index (χ2v) is 7.44. The Kier molecular flexibility index (Phi) is 6.78. The van der Waals surface area contributed by atoms with Crippen LogP contribution >= 0.6 is 0 Å². The zero-order valence-electron chi connectivity index (χ0n) is 17.4. The molecular formula is C23H30N2O2. The van der Waals surface area contributed by atoms with Crippen LogP contribution in [-0.4, -0.2) is 17.7 Å². The number of carbonyl (C=O) groups is 1. The molecule has 0 saturated heterocycles. The molecule has 0 bridgehead atoms. The first-order valence-electron chi connectivity index (χ1n) is 9.35. The van der Waals surface area contributed by atoms with E-state index in [4.69, 9.17) is 4.74 Å². The largest absolute Gasteiger partial charge is 0.490 e. The predicted octanol–water partition coefficient (Wildman–Crippen LogP) is 4.79. The van der Waals surface area contributed by atoms with E-state index >= 15 is 0 Å². The summed E-state index contributed by atoms with van der Waals surface area (Å²) in [6.07, 6.45) is 0.454. The first kappa shape index (κ1) is 20.7. The standard InChI is InChI=1S/C23H30N2O2/c1-14(2)27-23-17(5)11-21(12-18(23)6)19(7)24-25-22(26)13-20-9-8-15(3)10-16(20)4/h8-12,14H,13H2,1-7H3,(H,25,26)/b24-19+. The van der Waals surface area contributed by atoms with Crippen molar-refractivity contribution in [1.29, 1.82) is 0 Å². The Labute approximate surface area is 162 Å². The van der Waals surface area contributed by atoms with Gasteiger partial charge in [-0.2, -0.15) is 5.10 Å². The Hall–Kier alpha value is -2.62. The van der Waals surface area contributed by atoms with Crippen molar-refractivity contribution < 1.29 is 9.53 Å². The van der Waals surface area contributed by atoms with Gasteiger partial charge >= 0.3 is 0 Å². The number of aryl methyl sites for hydroxylation is 4. The first-order valence-corrected chi connectivity index (χ1v) is 9.35. The molecule has 1 amide bonds. The normalized spacial score (nSPS) is 11.6. The molecule has 27 heavy (non-hydrogen) atoms. The summed E-state index contributed by atoms with van der Waals surface area (Å²) in [7, 11) is 0. The smallest absolute Gasteiger partial charge is 0.244 e. The van der Waals surface area contributed by atoms with Gasteiger partial charge < -0.3 is 4.74 Å². The van der Waals surface area contributed by atoms with Crippen LogP contribution in [-0.2, 0) is 11.2 Å². The van der Waals surface area contributed by atoms with E-state index in [1.165, 1.54) is 5.56 Å². The highest BCUT2D eigenvalue weighted by atomic mass is 16.5. The van der Waals surface area contributed by atoms with Crippen molar-refractivity contribution in [3.05, 3.63) is 63.7 Å². The number of hydrogen-bond acceptors (Lipinski definition) is 3. The van der Waals surface area contributed by atoms with Crippen LogP contribution in [0.1, 0.15) is 54.2 Å². The predicted molar refractivity (Wildman–Crippen MR) is 112 cm³/mol. The number of hydrogen-bond donors (Lipinski definition) is 1. The second kappa shape index (κ2) is 8.85. The minimum atomic E-state index is -0.116. The fraction of sp³-hybridized carbons (Fsp3) is 0.391. The average Bonchev–Trinajstić information content (AvgIpc) is 2.58. The fourth-order valence-corrected chi connectivity index (χ4v) is 3.05. The average molecular weight is 367 g/mol. The van der Waals surface area contributed by atoms with Gasteiger partial charge in [-0.25, -0.2) is 5.43 Å². The lowest BCUT2D eigenvalue weighted by molar-refractivity contribution is -0.120. The Morgan fingerprint density at radius 2 is 1.67 bits per heavy atom. The van der Waals surface area contributed by atoms with Crippen LogP contribution in [0.3, 0.4) is 0 Å². The van der Waals surface area contributed by atoms with Crippen molar-refractivity contribution >= 4 is 11.6 Å². The number of hydrazone groups is 1. The summed E-state index contributed by atoms with van der Waals surface area (Å²) in [5.74, 6) is 0.801. The molecule has 0 aliphatic heterocycles. The SMILES string of the molecule is C/C(=N\NC(=O)Cc1ccc(C)cc1C)c1cc(C)c(OC(C)C)c(C)c1. The third kappa shape index (κ3) is 5.68. The van der Waals surface area contributed by atoms with E-state index in [0.717, 1.165) is 39.3 Å². The van der Waals surface area contributed by atoms with E-state index in [-0.39, 0.29) is 12.0 Å². The van der Waals surface area contributed by atoms with Crippen molar-refractivity contribution in [2.75, 3.05) is 0 Å². The highest BCUT2D eigenvalue weighted by molar-refractivity contribution is 5.99. The van der Waals surface area contributed by atoms with Gasteiger partial charge in [0.25, 0.3) is 0 Å². The maximum Gasteiger partial charge on any atom is 0.244 e. The van der Waals surface area contributed by atoms with Gasteiger partial charge in [-0.15, -0.1) is 0 Å². The molecule has 1 N–H and O–H groups in total. The molecule has 4 nitrogen and oxygen atoms in total. The van der Waals surface area contributed by atoms with Gasteiger partial charge in [0.15, 0.2) is 0 Å². The molecule has 0 aliphatic rings. The Balaban J connectivity index is 2.09. The maximum atomic E-state index is 12.3. The molecule has 0 heterocycles. The summed E-state index contributed by atoms with van der Waals surface area (Å²) in [5.41, 5.74) is 9.89. The molecule has 0 atom stereocenters. The number of rotatable bonds is 6. The summed E-state index contributed by atoms with van der Waals surface area (Å²) in [4.78, 5) is 12.3. The van der Waals surface area contributed by atoms with Gasteiger partial charge in [0, 0.05) is 0 Å². The van der Waals surface area contributed by atoms with E-state index in [9.17, 15) is 4.79 Å². The lowest BCUT2D eigenvalue weighted by Crippen LogP contribution is -2.21. The molecule has 2 aromatic rings. The van der Waals surface area contributed by atoms with Gasteiger partial charge in [0.1, 0.15) is 5.75 Å². The van der Waals surface area contributed by atoms with Crippen molar-refractivity contribution in [1.82, 2.24) is 5.43 Å². The van der Waals surface area contributed by atoms with Crippen LogP contribution in [0, 0.1) is 27.7 Å². The number of nitrogens with zero attached hydrogens (tertiary/aromatic N) is 1. The van der Waals surface area contributed by atoms with E-state index in [2.05, 4.69) is 16.6 Å². The van der Waals surface area contributed by atoms with Crippen molar-refractivity contribution in [2.45, 2.75) is 61.0 Å². The molecule has 0 spiro atoms. The molecule has 144 valence electrons. The minimum Gasteiger partial charge on any atom is -0.490 e. The number of benzene rings is 2. The number of nitrogens with one attached hydrogen (secondary N) is 1. The lowest BCUT2D eigenvalue weighted by Gasteiger charge is -2.16. The van der Waals surface area contributed by atoms with Gasteiger partial charge in [0.2, 0.25) is 5.91 Å². The van der Waals surface area contributed by atoms with E-state index in [1.54, 1.807) is 0 Å². The van der Waals surface area contributed by atoms with Crippen LogP contribution < -0.4 is 10.2 Å². The molecule has 0 unspecified atom stereocenters. The van der Waals surface area contributed by atoms with Gasteiger partial charge in [-0.05, 0) is 88.4 Å². The monoisotopic (exact) mass is 366 g/mol. The molecule has 0 saturated carbocycles. The Morgan fingerprint density at radius 1 is 1.04 bits per heavy atom. The maximum absolute atomic E-state index is 12.3. The summed E-state index contributed by atoms with van der Waals surface area (Å²) in [5, 5.41) is 4.29. The zero-order valence-corrected chi connectivity index (χ0v) is 17.4. The number of carbonyl (C=O) groups excluding carboxylic acids is 1. The molecule has 2 rings (SSSR count). The summed E-state index contributed by atoms with van der Waals surface area (Å²) < 4.78 is 5.89. The van der Waals surface area contributed by atoms with Crippen LogP contribution in [0.4, 0.5) is 0 Å². The number of ether oxygens (including phenoxy) is 1. The summed E-state index contributed by atoms with van der Waals surface area (Å²) in [6, 6.07) is 10.2. The molecule has 0 fully saturated rings. The Bertz CT molecular complexity index is 844. The minimum absolute atomic E-state index is 0.116. The molecular weight excluding hydrogens is 336 g/mol. The highest BCUT2D eigenvalue weighted by Gasteiger charge is 2.10. The van der Waals surface area contributed by atoms with Crippen molar-refractivity contribution in [3.63, 3.8) is 0 Å². The molecule has 0 radical (unpaired) electrons. The van der Waals surface area contributed by atoms with E-state index < -0.39 is 0 Å². The third-order valence-electron chi connectivity index (χ3n) is 4.43. The molecule has 2 aromatic carbocycles. The van der Waals surface area contributed by atoms with Crippen LogP contribution in [0.25, 0.3) is 0 Å². The third-order valence-corrected chi connectivity index (χ3v) is 4.43. The van der Waals surface area contributed by atoms with Gasteiger partial charge in [0.05, 0.1) is 18.2 Å². The van der Waals surface area contributed by atoms with E-state index in [0.29, 0.717) is 6.42 Å². The lowest BCUT2D eigenvalue weighted by atomic mass is 10.0. The zero-order chi connectivity index (χ0) is 20.1. The fourth-order valence-electron chi connectivity index (χ4n) is 3.05. The topological polar surface area (TPSA) is 50.7 Å². The Morgan fingerprint density at radius 3 is 2.22 bits per heavy atom. The van der Waals surface area contributed by atoms with Crippen LogP contribution in [0.15, 0.2) is 35.4 Å². The van der Waals surface area contributed by atoms with Gasteiger partial charge in [-0.3, -0.25) is 4.79 Å². The second-order valence-electron chi connectivity index (χ2n) is 7.44. The highest BCUT2D eigenvalue weighted by Crippen LogP contribution is 2.26. The molecule has 4 heteroatoms. The van der Waals surface area contributed by atoms with Crippen molar-refractivity contribution in [2.24, 2.45) is 5.10 Å².